The van der Waals surface area contributed by atoms with Crippen molar-refractivity contribution in [2.45, 2.75) is 89.8 Å². The summed E-state index contributed by atoms with van der Waals surface area (Å²) in [4.78, 5) is 15.0. The summed E-state index contributed by atoms with van der Waals surface area (Å²) in [5.74, 6) is -0.193. The Morgan fingerprint density at radius 1 is 1.12 bits per heavy atom. The van der Waals surface area contributed by atoms with Crippen molar-refractivity contribution in [2.24, 2.45) is 5.41 Å². The van der Waals surface area contributed by atoms with Crippen molar-refractivity contribution in [3.05, 3.63) is 81.7 Å². The molecule has 2 bridgehead atoms. The van der Waals surface area contributed by atoms with E-state index in [0.717, 1.165) is 34.1 Å². The first-order chi connectivity index (χ1) is 20.3. The summed E-state index contributed by atoms with van der Waals surface area (Å²) in [5.41, 5.74) is 1.70. The second-order valence-corrected chi connectivity index (χ2v) is 16.1. The smallest absolute Gasteiger partial charge is 0.211 e. The highest BCUT2D eigenvalue weighted by Gasteiger charge is 2.57. The lowest BCUT2D eigenvalue weighted by Crippen LogP contribution is -2.53. The largest absolute Gasteiger partial charge is 0.393 e. The van der Waals surface area contributed by atoms with Gasteiger partial charge in [0.15, 0.2) is 0 Å². The molecule has 3 aliphatic rings. The number of thiophene rings is 1. The van der Waals surface area contributed by atoms with Crippen molar-refractivity contribution in [3.8, 4) is 0 Å². The molecule has 0 radical (unpaired) electrons. The van der Waals surface area contributed by atoms with Crippen LogP contribution in [0.5, 0.6) is 0 Å². The Morgan fingerprint density at radius 2 is 1.88 bits per heavy atom. The topological polar surface area (TPSA) is 94.9 Å². The highest BCUT2D eigenvalue weighted by molar-refractivity contribution is 7.88. The molecular weight excluding hydrogens is 579 g/mol. The van der Waals surface area contributed by atoms with Gasteiger partial charge in [0.05, 0.1) is 22.8 Å². The number of ketones is 1. The van der Waals surface area contributed by atoms with Crippen LogP contribution in [0.2, 0.25) is 0 Å². The highest BCUT2D eigenvalue weighted by atomic mass is 32.2. The molecule has 3 aliphatic carbocycles. The van der Waals surface area contributed by atoms with Crippen LogP contribution in [0.15, 0.2) is 60.2 Å². The molecule has 3 aromatic rings. The molecule has 4 unspecified atom stereocenters. The highest BCUT2D eigenvalue weighted by Crippen LogP contribution is 2.59. The van der Waals surface area contributed by atoms with Crippen molar-refractivity contribution in [1.29, 1.82) is 0 Å². The molecule has 1 aromatic heterocycles. The molecule has 232 valence electrons. The number of carbonyl (C=O) groups is 1. The van der Waals surface area contributed by atoms with Gasteiger partial charge in [-0.2, -0.15) is 4.31 Å². The number of allylic oxidation sites excluding steroid dienone is 2. The van der Waals surface area contributed by atoms with Crippen molar-refractivity contribution >= 4 is 37.2 Å². The lowest BCUT2D eigenvalue weighted by atomic mass is 9.65. The van der Waals surface area contributed by atoms with E-state index in [0.29, 0.717) is 55.5 Å². The first kappa shape index (κ1) is 32.0. The van der Waals surface area contributed by atoms with Gasteiger partial charge >= 0.3 is 0 Å². The fourth-order valence-electron chi connectivity index (χ4n) is 7.33. The summed E-state index contributed by atoms with van der Waals surface area (Å²) in [6.07, 6.45) is 7.91. The number of aliphatic hydroxyl groups is 2. The fraction of sp³-hybridized carbons (Fsp3) is 0.514. The monoisotopic (exact) mass is 623 g/mol. The third-order valence-corrected chi connectivity index (χ3v) is 12.3. The summed E-state index contributed by atoms with van der Waals surface area (Å²) >= 11 is 1.49. The summed E-state index contributed by atoms with van der Waals surface area (Å²) < 4.78 is 28.0. The van der Waals surface area contributed by atoms with Crippen molar-refractivity contribution in [2.75, 3.05) is 19.3 Å². The van der Waals surface area contributed by atoms with Crippen molar-refractivity contribution in [3.63, 3.8) is 0 Å². The first-order valence-electron chi connectivity index (χ1n) is 15.5. The number of fused-ring (bicyclic) bond motifs is 9. The van der Waals surface area contributed by atoms with Crippen LogP contribution in [0.25, 0.3) is 10.1 Å². The van der Waals surface area contributed by atoms with Crippen LogP contribution in [0.3, 0.4) is 0 Å². The maximum Gasteiger partial charge on any atom is 0.211 e. The third-order valence-electron chi connectivity index (χ3n) is 9.95. The van der Waals surface area contributed by atoms with Crippen LogP contribution in [0.4, 0.5) is 0 Å². The Hall–Kier alpha value is -2.36. The average Bonchev–Trinajstić information content (AvgIpc) is 3.49. The Morgan fingerprint density at radius 3 is 2.60 bits per heavy atom. The minimum atomic E-state index is -3.51. The maximum absolute atomic E-state index is 14.3. The zero-order valence-electron chi connectivity index (χ0n) is 25.8. The van der Waals surface area contributed by atoms with Gasteiger partial charge in [-0.3, -0.25) is 4.79 Å². The van der Waals surface area contributed by atoms with Crippen molar-refractivity contribution in [1.82, 2.24) is 4.31 Å². The SMILES string of the molecule is CCCN(CC1(O)CCC2c3ccc(cc3C(=O)c3cc4ccccc4s3)CC(O)CCC(C)=CCCC21C)S(C)(=O)=O. The van der Waals surface area contributed by atoms with E-state index in [1.165, 1.54) is 27.5 Å². The van der Waals surface area contributed by atoms with Gasteiger partial charge in [-0.15, -0.1) is 11.3 Å². The first-order valence-corrected chi connectivity index (χ1v) is 18.2. The van der Waals surface area contributed by atoms with Gasteiger partial charge in [-0.1, -0.05) is 55.8 Å². The summed E-state index contributed by atoms with van der Waals surface area (Å²) in [6.45, 7) is 6.52. The van der Waals surface area contributed by atoms with Crippen LogP contribution in [-0.4, -0.2) is 59.8 Å². The van der Waals surface area contributed by atoms with Gasteiger partial charge < -0.3 is 10.2 Å². The van der Waals surface area contributed by atoms with E-state index >= 15 is 0 Å². The zero-order chi connectivity index (χ0) is 31.0. The molecule has 1 saturated carbocycles. The Labute approximate surface area is 260 Å². The third kappa shape index (κ3) is 6.54. The number of benzene rings is 2. The fourth-order valence-corrected chi connectivity index (χ4v) is 9.31. The van der Waals surface area contributed by atoms with Gasteiger partial charge in [-0.05, 0) is 98.9 Å². The second-order valence-electron chi connectivity index (χ2n) is 13.0. The van der Waals surface area contributed by atoms with Gasteiger partial charge in [0.1, 0.15) is 0 Å². The van der Waals surface area contributed by atoms with Gasteiger partial charge in [0.2, 0.25) is 15.8 Å². The van der Waals surface area contributed by atoms with E-state index in [2.05, 4.69) is 19.9 Å². The lowest BCUT2D eigenvalue weighted by Gasteiger charge is -2.45. The van der Waals surface area contributed by atoms with E-state index < -0.39 is 27.1 Å². The number of carbonyl (C=O) groups excluding carboxylic acids is 1. The Bertz CT molecular complexity index is 1590. The molecule has 1 fully saturated rings. The van der Waals surface area contributed by atoms with Crippen LogP contribution in [0.1, 0.15) is 98.0 Å². The standard InChI is InChI=1S/C35H45NO5S2/c1-5-19-36(43(4,40)41)23-35(39)18-16-30-28-15-13-25(20-27(37)14-12-24(2)9-8-17-34(30,35)3)21-29(28)33(38)32-22-26-10-6-7-11-31(26)42-32/h6-7,9-11,13,15,21-22,27,30,37,39H,5,8,12,14,16-20,23H2,1-4H3. The zero-order valence-corrected chi connectivity index (χ0v) is 27.4. The molecule has 0 aliphatic heterocycles. The molecule has 2 aromatic carbocycles. The number of rotatable bonds is 7. The number of sulfonamides is 1. The van der Waals surface area contributed by atoms with Gasteiger partial charge in [-0.25, -0.2) is 8.42 Å². The molecule has 1 heterocycles. The minimum Gasteiger partial charge on any atom is -0.393 e. The summed E-state index contributed by atoms with van der Waals surface area (Å²) in [6, 6.07) is 16.0. The number of hydrogen-bond acceptors (Lipinski definition) is 6. The van der Waals surface area contributed by atoms with E-state index in [9.17, 15) is 23.4 Å². The van der Waals surface area contributed by atoms with Gasteiger partial charge in [0, 0.05) is 28.8 Å². The lowest BCUT2D eigenvalue weighted by molar-refractivity contribution is -0.0723. The van der Waals surface area contributed by atoms with Crippen LogP contribution in [-0.2, 0) is 16.4 Å². The normalized spacial score (nSPS) is 26.8. The predicted molar refractivity (Wildman–Crippen MR) is 175 cm³/mol. The molecule has 8 heteroatoms. The number of aliphatic hydroxyl groups excluding tert-OH is 1. The number of hydrogen-bond donors (Lipinski definition) is 2. The molecule has 0 saturated heterocycles. The second kappa shape index (κ2) is 12.6. The maximum atomic E-state index is 14.3. The quantitative estimate of drug-likeness (QED) is 0.222. The summed E-state index contributed by atoms with van der Waals surface area (Å²) in [5, 5.41) is 24.4. The molecular formula is C35H45NO5S2. The Kier molecular flexibility index (Phi) is 9.36. The van der Waals surface area contributed by atoms with E-state index in [-0.39, 0.29) is 18.2 Å². The molecule has 4 atom stereocenters. The molecule has 6 rings (SSSR count). The minimum absolute atomic E-state index is 0.0409. The van der Waals surface area contributed by atoms with Crippen LogP contribution in [0, 0.1) is 5.41 Å². The van der Waals surface area contributed by atoms with E-state index in [1.54, 1.807) is 0 Å². The predicted octanol–water partition coefficient (Wildman–Crippen LogP) is 6.84. The van der Waals surface area contributed by atoms with E-state index in [4.69, 9.17) is 0 Å². The Balaban J connectivity index is 1.64. The number of nitrogens with zero attached hydrogens (tertiary/aromatic N) is 1. The van der Waals surface area contributed by atoms with Crippen molar-refractivity contribution < 1.29 is 23.4 Å². The summed E-state index contributed by atoms with van der Waals surface area (Å²) in [7, 11) is -3.51. The average molecular weight is 624 g/mol. The van der Waals surface area contributed by atoms with Gasteiger partial charge in [0.25, 0.3) is 0 Å². The molecule has 0 spiro atoms. The van der Waals surface area contributed by atoms with E-state index in [1.807, 2.05) is 55.5 Å². The van der Waals surface area contributed by atoms with Crippen LogP contribution >= 0.6 is 11.3 Å². The van der Waals surface area contributed by atoms with Crippen LogP contribution < -0.4 is 0 Å². The molecule has 2 N–H and O–H groups in total. The molecule has 0 amide bonds. The molecule has 43 heavy (non-hydrogen) atoms. The molecule has 6 nitrogen and oxygen atoms in total.